The first-order valence-corrected chi connectivity index (χ1v) is 10.0. The molecular formula is C23H25ClN4O3. The molecule has 0 aliphatic carbocycles. The number of nitrogens with zero attached hydrogens (tertiary/aromatic N) is 3. The van der Waals surface area contributed by atoms with Crippen LogP contribution >= 0.6 is 12.4 Å². The average molecular weight is 441 g/mol. The molecule has 1 aromatic heterocycles. The second kappa shape index (κ2) is 10.2. The van der Waals surface area contributed by atoms with E-state index in [0.717, 1.165) is 42.7 Å². The summed E-state index contributed by atoms with van der Waals surface area (Å²) >= 11 is 0. The van der Waals surface area contributed by atoms with Crippen LogP contribution in [0, 0.1) is 0 Å². The lowest BCUT2D eigenvalue weighted by Crippen LogP contribution is -2.41. The fourth-order valence-electron chi connectivity index (χ4n) is 3.77. The fraction of sp³-hybridized carbons (Fsp3) is 0.261. The summed E-state index contributed by atoms with van der Waals surface area (Å²) in [4.78, 5) is 12.8. The molecule has 7 nitrogen and oxygen atoms in total. The number of halogens is 1. The zero-order chi connectivity index (χ0) is 20.9. The Morgan fingerprint density at radius 1 is 1.06 bits per heavy atom. The average Bonchev–Trinajstić information content (AvgIpc) is 2.76. The minimum atomic E-state index is -0.770. The maximum atomic E-state index is 10.8. The molecule has 3 aromatic rings. The first-order chi connectivity index (χ1) is 14.6. The lowest BCUT2D eigenvalue weighted by atomic mass is 10.0. The molecule has 1 fully saturated rings. The Balaban J connectivity index is 0.00000272. The van der Waals surface area contributed by atoms with E-state index in [-0.39, 0.29) is 24.7 Å². The lowest BCUT2D eigenvalue weighted by Gasteiger charge is -2.31. The molecule has 2 heterocycles. The number of aromatic nitrogens is 2. The lowest BCUT2D eigenvalue weighted by molar-refractivity contribution is -0.138. The Labute approximate surface area is 187 Å². The third kappa shape index (κ3) is 5.71. The van der Waals surface area contributed by atoms with Crippen molar-refractivity contribution in [2.24, 2.45) is 0 Å². The molecule has 8 heteroatoms. The van der Waals surface area contributed by atoms with Crippen LogP contribution in [0.1, 0.15) is 12.8 Å². The molecule has 1 aliphatic rings. The molecule has 0 bridgehead atoms. The van der Waals surface area contributed by atoms with Crippen molar-refractivity contribution in [3.8, 4) is 28.1 Å². The molecule has 3 N–H and O–H groups in total. The van der Waals surface area contributed by atoms with Gasteiger partial charge in [-0.15, -0.1) is 12.4 Å². The molecule has 0 radical (unpaired) electrons. The van der Waals surface area contributed by atoms with Gasteiger partial charge in [-0.25, -0.2) is 0 Å². The van der Waals surface area contributed by atoms with Crippen LogP contribution in [0.5, 0.6) is 5.75 Å². The van der Waals surface area contributed by atoms with Crippen molar-refractivity contribution >= 4 is 24.1 Å². The van der Waals surface area contributed by atoms with Crippen molar-refractivity contribution in [1.29, 1.82) is 0 Å². The predicted molar refractivity (Wildman–Crippen MR) is 123 cm³/mol. The second-order valence-corrected chi connectivity index (χ2v) is 7.51. The summed E-state index contributed by atoms with van der Waals surface area (Å²) in [5.74, 6) is -0.592. The van der Waals surface area contributed by atoms with Crippen LogP contribution in [-0.2, 0) is 4.79 Å². The maximum Gasteiger partial charge on any atom is 0.317 e. The van der Waals surface area contributed by atoms with E-state index in [2.05, 4.69) is 15.5 Å². The van der Waals surface area contributed by atoms with E-state index < -0.39 is 5.97 Å². The highest BCUT2D eigenvalue weighted by molar-refractivity contribution is 5.85. The number of carboxylic acids is 1. The van der Waals surface area contributed by atoms with Crippen molar-refractivity contribution in [1.82, 2.24) is 15.1 Å². The third-order valence-corrected chi connectivity index (χ3v) is 5.37. The summed E-state index contributed by atoms with van der Waals surface area (Å²) in [6.07, 6.45) is 3.56. The number of piperidine rings is 1. The predicted octanol–water partition coefficient (Wildman–Crippen LogP) is 3.90. The quantitative estimate of drug-likeness (QED) is 0.534. The van der Waals surface area contributed by atoms with Crippen LogP contribution in [0.2, 0.25) is 0 Å². The van der Waals surface area contributed by atoms with Gasteiger partial charge < -0.3 is 15.5 Å². The fourth-order valence-corrected chi connectivity index (χ4v) is 3.77. The topological polar surface area (TPSA) is 98.6 Å². The smallest absolute Gasteiger partial charge is 0.317 e. The summed E-state index contributed by atoms with van der Waals surface area (Å²) in [6, 6.07) is 17.5. The molecule has 0 atom stereocenters. The van der Waals surface area contributed by atoms with Gasteiger partial charge >= 0.3 is 5.97 Å². The van der Waals surface area contributed by atoms with Crippen molar-refractivity contribution in [3.05, 3.63) is 60.8 Å². The van der Waals surface area contributed by atoms with E-state index in [1.807, 2.05) is 47.4 Å². The van der Waals surface area contributed by atoms with E-state index >= 15 is 0 Å². The Bertz CT molecular complexity index is 1020. The number of aliphatic carboxylic acids is 1. The Kier molecular flexibility index (Phi) is 7.44. The minimum absolute atomic E-state index is 0. The Hall–Kier alpha value is -3.16. The standard InChI is InChI=1S/C23H24N4O3.ClH/c28-22-4-2-1-3-20(22)21-13-17(14-24-26-21)16-5-7-18(8-6-16)25-19-9-11-27(12-10-19)15-23(29)30;/h1-8,13-14,19,25,28H,9-12,15H2,(H,29,30);1H. The number of rotatable bonds is 6. The molecule has 1 saturated heterocycles. The van der Waals surface area contributed by atoms with Gasteiger partial charge in [-0.1, -0.05) is 24.3 Å². The molecule has 0 saturated carbocycles. The number of phenols is 1. The van der Waals surface area contributed by atoms with Gasteiger partial charge in [0.05, 0.1) is 18.4 Å². The molecule has 0 unspecified atom stereocenters. The molecular weight excluding hydrogens is 416 g/mol. The van der Waals surface area contributed by atoms with E-state index in [1.165, 1.54) is 0 Å². The van der Waals surface area contributed by atoms with Crippen LogP contribution in [-0.4, -0.2) is 57.0 Å². The maximum absolute atomic E-state index is 10.8. The molecule has 162 valence electrons. The molecule has 2 aromatic carbocycles. The van der Waals surface area contributed by atoms with Crippen LogP contribution in [0.25, 0.3) is 22.4 Å². The first kappa shape index (κ1) is 22.5. The summed E-state index contributed by atoms with van der Waals surface area (Å²) in [7, 11) is 0. The number of benzene rings is 2. The number of hydrogen-bond acceptors (Lipinski definition) is 6. The zero-order valence-corrected chi connectivity index (χ0v) is 17.8. The van der Waals surface area contributed by atoms with Gasteiger partial charge in [-0.05, 0) is 48.7 Å². The number of carbonyl (C=O) groups is 1. The molecule has 1 aliphatic heterocycles. The van der Waals surface area contributed by atoms with E-state index in [1.54, 1.807) is 18.3 Å². The number of likely N-dealkylation sites (tertiary alicyclic amines) is 1. The molecule has 0 amide bonds. The van der Waals surface area contributed by atoms with Crippen molar-refractivity contribution < 1.29 is 15.0 Å². The number of aromatic hydroxyl groups is 1. The SMILES string of the molecule is Cl.O=C(O)CN1CCC(Nc2ccc(-c3cnnc(-c4ccccc4O)c3)cc2)CC1. The van der Waals surface area contributed by atoms with Crippen LogP contribution in [0.3, 0.4) is 0 Å². The Morgan fingerprint density at radius 3 is 2.45 bits per heavy atom. The van der Waals surface area contributed by atoms with Crippen LogP contribution in [0.15, 0.2) is 60.8 Å². The number of anilines is 1. The van der Waals surface area contributed by atoms with Crippen LogP contribution < -0.4 is 5.32 Å². The summed E-state index contributed by atoms with van der Waals surface area (Å²) in [5.41, 5.74) is 4.26. The largest absolute Gasteiger partial charge is 0.507 e. The number of phenolic OH excluding ortho intramolecular Hbond substituents is 1. The van der Waals surface area contributed by atoms with Gasteiger partial charge in [0.25, 0.3) is 0 Å². The van der Waals surface area contributed by atoms with Gasteiger partial charge in [0.1, 0.15) is 5.75 Å². The van der Waals surface area contributed by atoms with E-state index in [9.17, 15) is 9.90 Å². The highest BCUT2D eigenvalue weighted by Crippen LogP contribution is 2.30. The van der Waals surface area contributed by atoms with Crippen molar-refractivity contribution in [2.45, 2.75) is 18.9 Å². The number of hydrogen-bond donors (Lipinski definition) is 3. The normalized spacial score (nSPS) is 14.6. The summed E-state index contributed by atoms with van der Waals surface area (Å²) in [5, 5.41) is 30.8. The molecule has 31 heavy (non-hydrogen) atoms. The van der Waals surface area contributed by atoms with Crippen molar-refractivity contribution in [2.75, 3.05) is 25.0 Å². The van der Waals surface area contributed by atoms with Gasteiger partial charge in [-0.3, -0.25) is 9.69 Å². The number of para-hydroxylation sites is 1. The Morgan fingerprint density at radius 2 is 1.77 bits per heavy atom. The number of carboxylic acid groups (broad SMARTS) is 1. The second-order valence-electron chi connectivity index (χ2n) is 7.51. The highest BCUT2D eigenvalue weighted by Gasteiger charge is 2.20. The van der Waals surface area contributed by atoms with Crippen LogP contribution in [0.4, 0.5) is 5.69 Å². The van der Waals surface area contributed by atoms with E-state index in [4.69, 9.17) is 5.11 Å². The minimum Gasteiger partial charge on any atom is -0.507 e. The third-order valence-electron chi connectivity index (χ3n) is 5.37. The molecule has 0 spiro atoms. The van der Waals surface area contributed by atoms with E-state index in [0.29, 0.717) is 17.3 Å². The zero-order valence-electron chi connectivity index (χ0n) is 16.9. The van der Waals surface area contributed by atoms with Gasteiger partial charge in [0.15, 0.2) is 0 Å². The van der Waals surface area contributed by atoms with Gasteiger partial charge in [0.2, 0.25) is 0 Å². The monoisotopic (exact) mass is 440 g/mol. The molecule has 4 rings (SSSR count). The summed E-state index contributed by atoms with van der Waals surface area (Å²) in [6.45, 7) is 1.70. The van der Waals surface area contributed by atoms with Gasteiger partial charge in [0, 0.05) is 35.9 Å². The highest BCUT2D eigenvalue weighted by atomic mass is 35.5. The van der Waals surface area contributed by atoms with Gasteiger partial charge in [-0.2, -0.15) is 10.2 Å². The van der Waals surface area contributed by atoms with Crippen molar-refractivity contribution in [3.63, 3.8) is 0 Å². The summed E-state index contributed by atoms with van der Waals surface area (Å²) < 4.78 is 0. The number of nitrogens with one attached hydrogen (secondary N) is 1. The first-order valence-electron chi connectivity index (χ1n) is 10.0.